The number of nitrogens with zero attached hydrogens (tertiary/aromatic N) is 2. The molecule has 1 aromatic heterocycles. The minimum Gasteiger partial charge on any atom is -0.330 e. The molecule has 5 nitrogen and oxygen atoms in total. The van der Waals surface area contributed by atoms with Crippen molar-refractivity contribution in [2.45, 2.75) is 37.8 Å². The van der Waals surface area contributed by atoms with Crippen LogP contribution in [0.5, 0.6) is 0 Å². The van der Waals surface area contributed by atoms with Gasteiger partial charge in [0.1, 0.15) is 0 Å². The molecule has 2 rings (SSSR count). The summed E-state index contributed by atoms with van der Waals surface area (Å²) in [5.74, 6) is -0.0261. The number of nitrogens with two attached hydrogens (primary N) is 1. The Kier molecular flexibility index (Phi) is 4.45. The molecular weight excluding hydrogens is 274 g/mol. The molecule has 0 fully saturated rings. The molecule has 0 spiro atoms. The maximum atomic E-state index is 12.3. The number of benzene rings is 1. The van der Waals surface area contributed by atoms with E-state index in [9.17, 15) is 8.42 Å². The molecule has 1 heterocycles. The predicted octanol–water partition coefficient (Wildman–Crippen LogP) is 1.71. The van der Waals surface area contributed by atoms with Gasteiger partial charge in [0.15, 0.2) is 9.84 Å². The average Bonchev–Trinajstić information content (AvgIpc) is 2.77. The fourth-order valence-electron chi connectivity index (χ4n) is 2.29. The molecule has 2 aromatic rings. The second kappa shape index (κ2) is 5.93. The number of rotatable bonds is 6. The zero-order chi connectivity index (χ0) is 14.8. The first-order valence-corrected chi connectivity index (χ1v) is 8.57. The summed E-state index contributed by atoms with van der Waals surface area (Å²) in [5.41, 5.74) is 7.06. The maximum absolute atomic E-state index is 12.3. The Morgan fingerprint density at radius 2 is 2.05 bits per heavy atom. The summed E-state index contributed by atoms with van der Waals surface area (Å²) in [6, 6.07) is 7.73. The van der Waals surface area contributed by atoms with Crippen LogP contribution in [-0.2, 0) is 22.1 Å². The number of hydrogen-bond donors (Lipinski definition) is 1. The van der Waals surface area contributed by atoms with E-state index in [0.29, 0.717) is 18.7 Å². The van der Waals surface area contributed by atoms with E-state index in [1.807, 2.05) is 35.9 Å². The Labute approximate surface area is 119 Å². The van der Waals surface area contributed by atoms with Gasteiger partial charge in [0.2, 0.25) is 0 Å². The quantitative estimate of drug-likeness (QED) is 0.880. The number of para-hydroxylation sites is 1. The third-order valence-corrected chi connectivity index (χ3v) is 5.70. The summed E-state index contributed by atoms with van der Waals surface area (Å²) in [4.78, 5) is 0. The highest BCUT2D eigenvalue weighted by molar-refractivity contribution is 7.91. The fourth-order valence-corrected chi connectivity index (χ4v) is 3.67. The van der Waals surface area contributed by atoms with Crippen molar-refractivity contribution in [2.75, 3.05) is 6.54 Å². The first kappa shape index (κ1) is 15.0. The standard InChI is InChI=1S/C14H21N3O2S/c1-3-17-14-7-5-4-6-12(14)13(16-17)10-20(18,19)11(2)8-9-15/h4-7,11H,3,8-10,15H2,1-2H3. The molecule has 0 aliphatic heterocycles. The van der Waals surface area contributed by atoms with Crippen LogP contribution in [0.25, 0.3) is 10.9 Å². The summed E-state index contributed by atoms with van der Waals surface area (Å²) in [6.07, 6.45) is 0.481. The largest absolute Gasteiger partial charge is 0.330 e. The highest BCUT2D eigenvalue weighted by atomic mass is 32.2. The molecule has 1 atom stereocenters. The summed E-state index contributed by atoms with van der Waals surface area (Å²) in [7, 11) is -3.22. The predicted molar refractivity (Wildman–Crippen MR) is 81.2 cm³/mol. The van der Waals surface area contributed by atoms with Crippen molar-refractivity contribution >= 4 is 20.7 Å². The first-order valence-electron chi connectivity index (χ1n) is 6.85. The van der Waals surface area contributed by atoms with Crippen molar-refractivity contribution in [1.82, 2.24) is 9.78 Å². The van der Waals surface area contributed by atoms with Crippen LogP contribution in [0.15, 0.2) is 24.3 Å². The zero-order valence-corrected chi connectivity index (χ0v) is 12.7. The Morgan fingerprint density at radius 1 is 1.35 bits per heavy atom. The Bertz CT molecular complexity index is 692. The molecule has 110 valence electrons. The smallest absolute Gasteiger partial charge is 0.158 e. The minimum atomic E-state index is -3.22. The van der Waals surface area contributed by atoms with Gasteiger partial charge in [-0.15, -0.1) is 0 Å². The molecule has 0 aliphatic rings. The van der Waals surface area contributed by atoms with Crippen molar-refractivity contribution in [1.29, 1.82) is 0 Å². The van der Waals surface area contributed by atoms with Gasteiger partial charge in [-0.05, 0) is 32.9 Å². The van der Waals surface area contributed by atoms with E-state index in [1.165, 1.54) is 0 Å². The maximum Gasteiger partial charge on any atom is 0.158 e. The van der Waals surface area contributed by atoms with Gasteiger partial charge in [0, 0.05) is 11.9 Å². The molecule has 0 aliphatic carbocycles. The topological polar surface area (TPSA) is 78.0 Å². The lowest BCUT2D eigenvalue weighted by molar-refractivity contribution is 0.575. The Hall–Kier alpha value is -1.40. The van der Waals surface area contributed by atoms with Crippen LogP contribution in [0, 0.1) is 0 Å². The molecule has 2 N–H and O–H groups in total. The first-order chi connectivity index (χ1) is 9.49. The molecule has 0 saturated heterocycles. The summed E-state index contributed by atoms with van der Waals surface area (Å²) < 4.78 is 26.5. The van der Waals surface area contributed by atoms with E-state index in [1.54, 1.807) is 6.92 Å². The SMILES string of the molecule is CCn1nc(CS(=O)(=O)C(C)CCN)c2ccccc21. The highest BCUT2D eigenvalue weighted by Crippen LogP contribution is 2.22. The van der Waals surface area contributed by atoms with Crippen LogP contribution in [0.2, 0.25) is 0 Å². The monoisotopic (exact) mass is 295 g/mol. The van der Waals surface area contributed by atoms with Crippen LogP contribution in [-0.4, -0.2) is 30.0 Å². The van der Waals surface area contributed by atoms with Crippen LogP contribution >= 0.6 is 0 Å². The van der Waals surface area contributed by atoms with Crippen molar-refractivity contribution in [3.8, 4) is 0 Å². The molecule has 6 heteroatoms. The normalized spacial score (nSPS) is 13.8. The van der Waals surface area contributed by atoms with E-state index >= 15 is 0 Å². The number of hydrogen-bond acceptors (Lipinski definition) is 4. The Morgan fingerprint density at radius 3 is 2.70 bits per heavy atom. The Balaban J connectivity index is 2.39. The van der Waals surface area contributed by atoms with Crippen LogP contribution in [0.4, 0.5) is 0 Å². The summed E-state index contributed by atoms with van der Waals surface area (Å²) in [6.45, 7) is 4.80. The van der Waals surface area contributed by atoms with E-state index in [2.05, 4.69) is 5.10 Å². The van der Waals surface area contributed by atoms with E-state index in [4.69, 9.17) is 5.73 Å². The minimum absolute atomic E-state index is 0.0261. The highest BCUT2D eigenvalue weighted by Gasteiger charge is 2.23. The molecule has 0 bridgehead atoms. The van der Waals surface area contributed by atoms with Crippen LogP contribution in [0.3, 0.4) is 0 Å². The molecule has 1 unspecified atom stereocenters. The number of fused-ring (bicyclic) bond motifs is 1. The lowest BCUT2D eigenvalue weighted by atomic mass is 10.2. The van der Waals surface area contributed by atoms with Crippen molar-refractivity contribution < 1.29 is 8.42 Å². The van der Waals surface area contributed by atoms with Crippen molar-refractivity contribution in [3.63, 3.8) is 0 Å². The second-order valence-electron chi connectivity index (χ2n) is 4.97. The van der Waals surface area contributed by atoms with Crippen molar-refractivity contribution in [3.05, 3.63) is 30.0 Å². The molecule has 0 saturated carbocycles. The van der Waals surface area contributed by atoms with Gasteiger partial charge in [0.05, 0.1) is 22.2 Å². The van der Waals surface area contributed by atoms with Gasteiger partial charge in [-0.2, -0.15) is 5.10 Å². The summed E-state index contributed by atoms with van der Waals surface area (Å²) in [5, 5.41) is 4.92. The number of sulfone groups is 1. The molecule has 0 radical (unpaired) electrons. The van der Waals surface area contributed by atoms with Gasteiger partial charge in [0.25, 0.3) is 0 Å². The molecular formula is C14H21N3O2S. The van der Waals surface area contributed by atoms with Crippen molar-refractivity contribution in [2.24, 2.45) is 5.73 Å². The summed E-state index contributed by atoms with van der Waals surface area (Å²) >= 11 is 0. The van der Waals surface area contributed by atoms with Gasteiger partial charge < -0.3 is 5.73 Å². The lowest BCUT2D eigenvalue weighted by Gasteiger charge is -2.10. The van der Waals surface area contributed by atoms with E-state index in [-0.39, 0.29) is 5.75 Å². The fraction of sp³-hybridized carbons (Fsp3) is 0.500. The van der Waals surface area contributed by atoms with Gasteiger partial charge in [-0.3, -0.25) is 4.68 Å². The number of aromatic nitrogens is 2. The van der Waals surface area contributed by atoms with Gasteiger partial charge in [-0.1, -0.05) is 18.2 Å². The van der Waals surface area contributed by atoms with E-state index in [0.717, 1.165) is 17.4 Å². The van der Waals surface area contributed by atoms with Crippen LogP contribution in [0.1, 0.15) is 26.0 Å². The van der Waals surface area contributed by atoms with E-state index < -0.39 is 15.1 Å². The second-order valence-corrected chi connectivity index (χ2v) is 7.39. The van der Waals surface area contributed by atoms with Gasteiger partial charge in [-0.25, -0.2) is 8.42 Å². The average molecular weight is 295 g/mol. The molecule has 0 amide bonds. The lowest BCUT2D eigenvalue weighted by Crippen LogP contribution is -2.23. The van der Waals surface area contributed by atoms with Crippen LogP contribution < -0.4 is 5.73 Å². The molecule has 1 aromatic carbocycles. The van der Waals surface area contributed by atoms with Gasteiger partial charge >= 0.3 is 0 Å². The zero-order valence-electron chi connectivity index (χ0n) is 11.9. The number of aryl methyl sites for hydroxylation is 1. The third kappa shape index (κ3) is 2.86. The molecule has 20 heavy (non-hydrogen) atoms. The third-order valence-electron chi connectivity index (χ3n) is 3.56.